The maximum atomic E-state index is 12.2. The highest BCUT2D eigenvalue weighted by Gasteiger charge is 2.47. The molecule has 3 heterocycles. The molecule has 0 saturated carbocycles. The fraction of sp³-hybridized carbons (Fsp3) is 0.667. The van der Waals surface area contributed by atoms with Crippen molar-refractivity contribution in [2.45, 2.75) is 62.1 Å². The zero-order chi connectivity index (χ0) is 13.6. The molecule has 3 rings (SSSR count). The highest BCUT2D eigenvalue weighted by Crippen LogP contribution is 2.44. The Hall–Kier alpha value is -0.740. The van der Waals surface area contributed by atoms with Gasteiger partial charge in [-0.3, -0.25) is 9.19 Å². The lowest BCUT2D eigenvalue weighted by molar-refractivity contribution is 0.00187. The number of aryl methyl sites for hydroxylation is 2. The quantitative estimate of drug-likeness (QED) is 0.858. The van der Waals surface area contributed by atoms with Crippen molar-refractivity contribution in [3.8, 4) is 0 Å². The first-order valence-electron chi connectivity index (χ1n) is 7.05. The average molecular weight is 279 g/mol. The molecule has 1 aromatic heterocycles. The fourth-order valence-electron chi connectivity index (χ4n) is 3.68. The average Bonchev–Trinajstić information content (AvgIpc) is 2.31. The Morgan fingerprint density at radius 1 is 1.32 bits per heavy atom. The summed E-state index contributed by atoms with van der Waals surface area (Å²) in [6.45, 7) is 4.02. The van der Waals surface area contributed by atoms with Crippen molar-refractivity contribution in [2.24, 2.45) is 0 Å². The lowest BCUT2D eigenvalue weighted by Gasteiger charge is -2.43. The van der Waals surface area contributed by atoms with Gasteiger partial charge in [-0.15, -0.1) is 0 Å². The Labute approximate surface area is 116 Å². The molecule has 19 heavy (non-hydrogen) atoms. The van der Waals surface area contributed by atoms with Gasteiger partial charge in [0.05, 0.1) is 5.69 Å². The van der Waals surface area contributed by atoms with Gasteiger partial charge in [-0.1, -0.05) is 12.5 Å². The first-order chi connectivity index (χ1) is 8.99. The molecular weight excluding hydrogens is 258 g/mol. The van der Waals surface area contributed by atoms with Crippen molar-refractivity contribution in [1.29, 1.82) is 0 Å². The number of hydrogen-bond acceptors (Lipinski definition) is 3. The lowest BCUT2D eigenvalue weighted by Crippen LogP contribution is -2.48. The van der Waals surface area contributed by atoms with E-state index in [1.165, 1.54) is 0 Å². The maximum Gasteiger partial charge on any atom is 0.109 e. The van der Waals surface area contributed by atoms with E-state index < -0.39 is 16.4 Å². The molecule has 3 nitrogen and oxygen atoms in total. The third kappa shape index (κ3) is 2.25. The zero-order valence-electron chi connectivity index (χ0n) is 11.6. The molecule has 1 N–H and O–H groups in total. The fourth-order valence-corrected chi connectivity index (χ4v) is 5.90. The predicted molar refractivity (Wildman–Crippen MR) is 76.4 cm³/mol. The second-order valence-electron chi connectivity index (χ2n) is 6.12. The molecule has 2 aliphatic rings. The standard InChI is InChI=1S/C15H21NO2S/c1-10-6-11(2)14(16-9-10)15(17)7-12-4-3-5-13(8-15)19(12)18/h6,9,12-13,17H,3-5,7-8H2,1-2H3. The number of rotatable bonds is 1. The molecular formula is C15H21NO2S. The minimum Gasteiger partial charge on any atom is -0.383 e. The van der Waals surface area contributed by atoms with Crippen LogP contribution in [0, 0.1) is 13.8 Å². The smallest absolute Gasteiger partial charge is 0.109 e. The summed E-state index contributed by atoms with van der Waals surface area (Å²) in [5, 5.41) is 11.3. The molecule has 0 radical (unpaired) electrons. The van der Waals surface area contributed by atoms with Crippen molar-refractivity contribution in [1.82, 2.24) is 4.98 Å². The molecule has 2 unspecified atom stereocenters. The van der Waals surface area contributed by atoms with Crippen molar-refractivity contribution in [2.75, 3.05) is 0 Å². The minimum absolute atomic E-state index is 0.153. The van der Waals surface area contributed by atoms with Crippen LogP contribution >= 0.6 is 0 Å². The van der Waals surface area contributed by atoms with E-state index in [2.05, 4.69) is 11.1 Å². The van der Waals surface area contributed by atoms with Gasteiger partial charge in [0.1, 0.15) is 5.60 Å². The predicted octanol–water partition coefficient (Wildman–Crippen LogP) is 2.35. The molecule has 2 saturated heterocycles. The highest BCUT2D eigenvalue weighted by molar-refractivity contribution is 7.86. The third-order valence-corrected chi connectivity index (χ3v) is 6.61. The number of aromatic nitrogens is 1. The number of fused-ring (bicyclic) bond motifs is 2. The molecule has 104 valence electrons. The van der Waals surface area contributed by atoms with Crippen LogP contribution in [0.4, 0.5) is 0 Å². The third-order valence-electron chi connectivity index (χ3n) is 4.50. The van der Waals surface area contributed by atoms with Gasteiger partial charge in [-0.05, 0) is 50.7 Å². The van der Waals surface area contributed by atoms with Crippen molar-refractivity contribution in [3.63, 3.8) is 0 Å². The highest BCUT2D eigenvalue weighted by atomic mass is 32.2. The van der Waals surface area contributed by atoms with Crippen LogP contribution in [0.3, 0.4) is 0 Å². The molecule has 0 amide bonds. The van der Waals surface area contributed by atoms with Crippen LogP contribution in [-0.4, -0.2) is 24.8 Å². The minimum atomic E-state index is -0.874. The molecule has 2 fully saturated rings. The van der Waals surface area contributed by atoms with Gasteiger partial charge < -0.3 is 5.11 Å². The normalized spacial score (nSPS) is 38.2. The Kier molecular flexibility index (Phi) is 3.26. The van der Waals surface area contributed by atoms with Crippen LogP contribution in [0.1, 0.15) is 48.9 Å². The first kappa shape index (κ1) is 13.3. The van der Waals surface area contributed by atoms with Gasteiger partial charge in [-0.2, -0.15) is 0 Å². The van der Waals surface area contributed by atoms with E-state index in [1.54, 1.807) is 0 Å². The lowest BCUT2D eigenvalue weighted by atomic mass is 9.81. The Morgan fingerprint density at radius 3 is 2.53 bits per heavy atom. The molecule has 4 heteroatoms. The van der Waals surface area contributed by atoms with E-state index >= 15 is 0 Å². The molecule has 2 bridgehead atoms. The summed E-state index contributed by atoms with van der Waals surface area (Å²) in [4.78, 5) is 4.48. The molecule has 0 aromatic carbocycles. The molecule has 0 aliphatic carbocycles. The van der Waals surface area contributed by atoms with Gasteiger partial charge in [0.25, 0.3) is 0 Å². The number of nitrogens with zero attached hydrogens (tertiary/aromatic N) is 1. The largest absolute Gasteiger partial charge is 0.383 e. The molecule has 2 atom stereocenters. The van der Waals surface area contributed by atoms with E-state index in [4.69, 9.17) is 0 Å². The van der Waals surface area contributed by atoms with Gasteiger partial charge >= 0.3 is 0 Å². The summed E-state index contributed by atoms with van der Waals surface area (Å²) in [6.07, 6.45) is 6.14. The van der Waals surface area contributed by atoms with Gasteiger partial charge in [0.15, 0.2) is 0 Å². The van der Waals surface area contributed by atoms with E-state index in [9.17, 15) is 9.32 Å². The SMILES string of the molecule is Cc1cnc(C2(O)CC3CCCC(C2)S3=O)c(C)c1. The topological polar surface area (TPSA) is 50.2 Å². The monoisotopic (exact) mass is 279 g/mol. The van der Waals surface area contributed by atoms with E-state index in [0.717, 1.165) is 36.1 Å². The first-order valence-corrected chi connectivity index (χ1v) is 8.33. The van der Waals surface area contributed by atoms with Crippen LogP contribution in [0.15, 0.2) is 12.3 Å². The molecule has 2 aliphatic heterocycles. The zero-order valence-corrected chi connectivity index (χ0v) is 12.4. The van der Waals surface area contributed by atoms with E-state index in [-0.39, 0.29) is 10.5 Å². The maximum absolute atomic E-state index is 12.2. The van der Waals surface area contributed by atoms with Crippen LogP contribution < -0.4 is 0 Å². The van der Waals surface area contributed by atoms with E-state index in [0.29, 0.717) is 12.8 Å². The van der Waals surface area contributed by atoms with Gasteiger partial charge in [-0.25, -0.2) is 0 Å². The Balaban J connectivity index is 1.97. The summed E-state index contributed by atoms with van der Waals surface area (Å²) in [5.74, 6) is 0. The second-order valence-corrected chi connectivity index (χ2v) is 8.11. The van der Waals surface area contributed by atoms with E-state index in [1.807, 2.05) is 20.0 Å². The van der Waals surface area contributed by atoms with Gasteiger partial charge in [0, 0.05) is 27.5 Å². The van der Waals surface area contributed by atoms with Crippen LogP contribution in [0.25, 0.3) is 0 Å². The van der Waals surface area contributed by atoms with Crippen LogP contribution in [-0.2, 0) is 16.4 Å². The Bertz CT molecular complexity index is 513. The summed E-state index contributed by atoms with van der Waals surface area (Å²) in [6, 6.07) is 2.07. The summed E-state index contributed by atoms with van der Waals surface area (Å²) >= 11 is 0. The van der Waals surface area contributed by atoms with Crippen LogP contribution in [0.2, 0.25) is 0 Å². The second kappa shape index (κ2) is 4.67. The summed E-state index contributed by atoms with van der Waals surface area (Å²) < 4.78 is 12.2. The Morgan fingerprint density at radius 2 is 1.95 bits per heavy atom. The molecule has 0 spiro atoms. The van der Waals surface area contributed by atoms with Crippen molar-refractivity contribution >= 4 is 10.8 Å². The molecule has 1 aromatic rings. The summed E-state index contributed by atoms with van der Waals surface area (Å²) in [7, 11) is -0.755. The number of aliphatic hydroxyl groups is 1. The number of hydrogen-bond donors (Lipinski definition) is 1. The van der Waals surface area contributed by atoms with Crippen LogP contribution in [0.5, 0.6) is 0 Å². The van der Waals surface area contributed by atoms with Gasteiger partial charge in [0.2, 0.25) is 0 Å². The summed E-state index contributed by atoms with van der Waals surface area (Å²) in [5.41, 5.74) is 2.09. The number of pyridine rings is 1. The van der Waals surface area contributed by atoms with Crippen molar-refractivity contribution < 1.29 is 9.32 Å². The van der Waals surface area contributed by atoms with Crippen molar-refractivity contribution in [3.05, 3.63) is 29.1 Å².